The Balaban J connectivity index is 1.76. The quantitative estimate of drug-likeness (QED) is 0.742. The summed E-state index contributed by atoms with van der Waals surface area (Å²) in [6.07, 6.45) is 10.2. The van der Waals surface area contributed by atoms with E-state index in [9.17, 15) is 0 Å². The molecule has 80 valence electrons. The summed E-state index contributed by atoms with van der Waals surface area (Å²) in [4.78, 5) is 3.98. The lowest BCUT2D eigenvalue weighted by Crippen LogP contribution is -2.24. The van der Waals surface area contributed by atoms with E-state index in [0.717, 1.165) is 5.75 Å². The molecule has 0 radical (unpaired) electrons. The Morgan fingerprint density at radius 2 is 2.47 bits per heavy atom. The lowest BCUT2D eigenvalue weighted by molar-refractivity contribution is 0.360. The van der Waals surface area contributed by atoms with Crippen molar-refractivity contribution in [3.63, 3.8) is 0 Å². The Morgan fingerprint density at radius 3 is 3.07 bits per heavy atom. The van der Waals surface area contributed by atoms with E-state index in [-0.39, 0.29) is 5.54 Å². The van der Waals surface area contributed by atoms with Gasteiger partial charge in [0.1, 0.15) is 12.4 Å². The predicted octanol–water partition coefficient (Wildman–Crippen LogP) is 1.77. The molecule has 15 heavy (non-hydrogen) atoms. The third-order valence-corrected chi connectivity index (χ3v) is 2.70. The molecule has 0 bridgehead atoms. The molecule has 1 saturated carbocycles. The number of pyridine rings is 1. The number of aromatic nitrogens is 1. The van der Waals surface area contributed by atoms with Crippen LogP contribution < -0.4 is 10.1 Å². The monoisotopic (exact) mass is 204 g/mol. The molecule has 2 rings (SSSR count). The largest absolute Gasteiger partial charge is 0.488 e. The van der Waals surface area contributed by atoms with E-state index in [2.05, 4.69) is 22.5 Å². The molecule has 0 spiro atoms. The van der Waals surface area contributed by atoms with Crippen LogP contribution in [0.1, 0.15) is 12.8 Å². The lowest BCUT2D eigenvalue weighted by atomic mass is 10.2. The van der Waals surface area contributed by atoms with Gasteiger partial charge in [-0.2, -0.15) is 0 Å². The van der Waals surface area contributed by atoms with Crippen LogP contribution in [0.5, 0.6) is 5.75 Å². The van der Waals surface area contributed by atoms with E-state index in [4.69, 9.17) is 4.74 Å². The van der Waals surface area contributed by atoms with Crippen LogP contribution in [0.15, 0.2) is 36.7 Å². The van der Waals surface area contributed by atoms with Crippen molar-refractivity contribution in [3.05, 3.63) is 36.7 Å². The van der Waals surface area contributed by atoms with Gasteiger partial charge in [0.2, 0.25) is 0 Å². The number of ether oxygens (including phenoxy) is 1. The normalized spacial score (nSPS) is 17.9. The van der Waals surface area contributed by atoms with Crippen molar-refractivity contribution in [2.24, 2.45) is 0 Å². The third kappa shape index (κ3) is 2.80. The molecule has 0 atom stereocenters. The van der Waals surface area contributed by atoms with Gasteiger partial charge >= 0.3 is 0 Å². The summed E-state index contributed by atoms with van der Waals surface area (Å²) in [5.74, 6) is 0.816. The molecular weight excluding hydrogens is 188 g/mol. The van der Waals surface area contributed by atoms with E-state index < -0.39 is 0 Å². The summed E-state index contributed by atoms with van der Waals surface area (Å²) in [5.41, 5.74) is 0.262. The van der Waals surface area contributed by atoms with Gasteiger partial charge in [-0.15, -0.1) is 0 Å². The third-order valence-electron chi connectivity index (χ3n) is 2.70. The van der Waals surface area contributed by atoms with Crippen molar-refractivity contribution in [1.82, 2.24) is 10.3 Å². The van der Waals surface area contributed by atoms with Crippen molar-refractivity contribution in [2.75, 3.05) is 13.7 Å². The van der Waals surface area contributed by atoms with Gasteiger partial charge in [-0.25, -0.2) is 0 Å². The molecule has 0 saturated heterocycles. The number of hydrogen-bond donors (Lipinski definition) is 1. The molecule has 0 unspecified atom stereocenters. The molecule has 0 aromatic carbocycles. The van der Waals surface area contributed by atoms with Crippen LogP contribution in [-0.4, -0.2) is 24.2 Å². The first kappa shape index (κ1) is 10.2. The van der Waals surface area contributed by atoms with Gasteiger partial charge in [0, 0.05) is 11.7 Å². The minimum absolute atomic E-state index is 0.262. The molecule has 1 fully saturated rings. The summed E-state index contributed by atoms with van der Waals surface area (Å²) < 4.78 is 5.50. The van der Waals surface area contributed by atoms with Crippen LogP contribution in [0.25, 0.3) is 0 Å². The van der Waals surface area contributed by atoms with Gasteiger partial charge in [-0.1, -0.05) is 6.08 Å². The Morgan fingerprint density at radius 1 is 1.60 bits per heavy atom. The van der Waals surface area contributed by atoms with E-state index in [1.165, 1.54) is 12.8 Å². The van der Waals surface area contributed by atoms with Crippen LogP contribution >= 0.6 is 0 Å². The van der Waals surface area contributed by atoms with Crippen LogP contribution in [0, 0.1) is 0 Å². The zero-order chi connectivity index (χ0) is 10.6. The van der Waals surface area contributed by atoms with Crippen molar-refractivity contribution in [2.45, 2.75) is 18.4 Å². The van der Waals surface area contributed by atoms with Gasteiger partial charge in [0.05, 0.1) is 6.20 Å². The summed E-state index contributed by atoms with van der Waals surface area (Å²) in [6, 6.07) is 3.78. The van der Waals surface area contributed by atoms with E-state index in [1.807, 2.05) is 19.2 Å². The van der Waals surface area contributed by atoms with Crippen molar-refractivity contribution >= 4 is 0 Å². The predicted molar refractivity (Wildman–Crippen MR) is 59.9 cm³/mol. The number of nitrogens with one attached hydrogen (secondary N) is 1. The maximum atomic E-state index is 5.50. The smallest absolute Gasteiger partial charge is 0.138 e. The topological polar surface area (TPSA) is 34.1 Å². The Hall–Kier alpha value is -1.35. The second-order valence-electron chi connectivity index (χ2n) is 3.81. The second-order valence-corrected chi connectivity index (χ2v) is 3.81. The Bertz CT molecular complexity index is 331. The Kier molecular flexibility index (Phi) is 3.02. The average molecular weight is 204 g/mol. The fraction of sp³-hybridized carbons (Fsp3) is 0.417. The average Bonchev–Trinajstić information content (AvgIpc) is 3.07. The fourth-order valence-electron chi connectivity index (χ4n) is 1.49. The highest BCUT2D eigenvalue weighted by Crippen LogP contribution is 2.35. The second kappa shape index (κ2) is 4.45. The van der Waals surface area contributed by atoms with E-state index in [0.29, 0.717) is 6.61 Å². The number of nitrogens with zero attached hydrogens (tertiary/aromatic N) is 1. The fourth-order valence-corrected chi connectivity index (χ4v) is 1.49. The summed E-state index contributed by atoms with van der Waals surface area (Å²) in [7, 11) is 2.00. The van der Waals surface area contributed by atoms with Crippen LogP contribution in [0.4, 0.5) is 0 Å². The molecule has 1 heterocycles. The molecule has 1 aliphatic rings. The van der Waals surface area contributed by atoms with Crippen molar-refractivity contribution in [3.8, 4) is 5.75 Å². The van der Waals surface area contributed by atoms with Gasteiger partial charge in [-0.05, 0) is 38.1 Å². The van der Waals surface area contributed by atoms with Crippen LogP contribution in [0.3, 0.4) is 0 Å². The van der Waals surface area contributed by atoms with Gasteiger partial charge in [-0.3, -0.25) is 4.98 Å². The molecule has 3 nitrogen and oxygen atoms in total. The minimum atomic E-state index is 0.262. The van der Waals surface area contributed by atoms with Crippen LogP contribution in [-0.2, 0) is 0 Å². The van der Waals surface area contributed by atoms with E-state index in [1.54, 1.807) is 12.4 Å². The maximum absolute atomic E-state index is 5.50. The Labute approximate surface area is 90.2 Å². The maximum Gasteiger partial charge on any atom is 0.138 e. The molecule has 1 aromatic rings. The van der Waals surface area contributed by atoms with Gasteiger partial charge in [0.25, 0.3) is 0 Å². The van der Waals surface area contributed by atoms with Crippen molar-refractivity contribution < 1.29 is 4.74 Å². The first-order valence-electron chi connectivity index (χ1n) is 5.24. The van der Waals surface area contributed by atoms with Crippen LogP contribution in [0.2, 0.25) is 0 Å². The molecule has 0 amide bonds. The first-order valence-corrected chi connectivity index (χ1v) is 5.24. The zero-order valence-corrected chi connectivity index (χ0v) is 8.94. The number of hydrogen-bond acceptors (Lipinski definition) is 3. The summed E-state index contributed by atoms with van der Waals surface area (Å²) in [6.45, 7) is 0.606. The molecule has 1 aromatic heterocycles. The van der Waals surface area contributed by atoms with Crippen molar-refractivity contribution in [1.29, 1.82) is 0 Å². The standard InChI is InChI=1S/C12H16N2O/c1-13-12(6-7-12)5-3-9-15-11-4-2-8-14-10-11/h2-5,8,10,13H,6-7,9H2,1H3/b5-3+. The molecule has 0 aliphatic heterocycles. The number of likely N-dealkylation sites (N-methyl/N-ethyl adjacent to an activating group) is 1. The molecule has 1 N–H and O–H groups in total. The highest BCUT2D eigenvalue weighted by Gasteiger charge is 2.37. The summed E-state index contributed by atoms with van der Waals surface area (Å²) in [5, 5.41) is 3.30. The minimum Gasteiger partial charge on any atom is -0.488 e. The lowest BCUT2D eigenvalue weighted by Gasteiger charge is -2.07. The molecule has 1 aliphatic carbocycles. The first-order chi connectivity index (χ1) is 7.35. The SMILES string of the molecule is CNC1(/C=C/COc2cccnc2)CC1. The zero-order valence-electron chi connectivity index (χ0n) is 8.94. The van der Waals surface area contributed by atoms with E-state index >= 15 is 0 Å². The van der Waals surface area contributed by atoms with Gasteiger partial charge < -0.3 is 10.1 Å². The molecule has 3 heteroatoms. The van der Waals surface area contributed by atoms with Gasteiger partial charge in [0.15, 0.2) is 0 Å². The number of rotatable bonds is 5. The highest BCUT2D eigenvalue weighted by atomic mass is 16.5. The highest BCUT2D eigenvalue weighted by molar-refractivity contribution is 5.18. The summed E-state index contributed by atoms with van der Waals surface area (Å²) >= 11 is 0. The molecular formula is C12H16N2O.